The molecule has 4 N–H and O–H groups in total. The Balaban J connectivity index is 0.999. The van der Waals surface area contributed by atoms with Crippen molar-refractivity contribution in [2.45, 2.75) is 31.9 Å². The van der Waals surface area contributed by atoms with Crippen LogP contribution in [0.3, 0.4) is 0 Å². The van der Waals surface area contributed by atoms with Gasteiger partial charge in [0.15, 0.2) is 0 Å². The topological polar surface area (TPSA) is 125 Å². The van der Waals surface area contributed by atoms with Crippen molar-refractivity contribution >= 4 is 50.7 Å². The first kappa shape index (κ1) is 30.2. The molecule has 0 radical (unpaired) electrons. The fourth-order valence-corrected chi connectivity index (χ4v) is 6.12. The summed E-state index contributed by atoms with van der Waals surface area (Å²) < 4.78 is 3.87. The van der Waals surface area contributed by atoms with Gasteiger partial charge in [-0.05, 0) is 110 Å². The van der Waals surface area contributed by atoms with E-state index in [-0.39, 0.29) is 24.5 Å². The monoisotopic (exact) mass is 628 g/mol. The van der Waals surface area contributed by atoms with Crippen LogP contribution in [-0.2, 0) is 6.54 Å². The molecule has 1 saturated heterocycles. The van der Waals surface area contributed by atoms with Crippen molar-refractivity contribution in [3.63, 3.8) is 0 Å². The van der Waals surface area contributed by atoms with E-state index in [0.29, 0.717) is 35.5 Å². The number of aromatic nitrogens is 3. The summed E-state index contributed by atoms with van der Waals surface area (Å²) in [5, 5.41) is 31.4. The molecule has 10 heteroatoms. The number of hydrogen-bond acceptors (Lipinski definition) is 6. The fourth-order valence-electron chi connectivity index (χ4n) is 6.12. The third-order valence-electron chi connectivity index (χ3n) is 8.75. The molecule has 10 nitrogen and oxygen atoms in total. The first-order chi connectivity index (χ1) is 22.9. The van der Waals surface area contributed by atoms with Crippen molar-refractivity contribution in [1.82, 2.24) is 14.3 Å². The van der Waals surface area contributed by atoms with E-state index >= 15 is 0 Å². The third-order valence-corrected chi connectivity index (χ3v) is 8.75. The van der Waals surface area contributed by atoms with Crippen LogP contribution in [0.4, 0.5) is 17.1 Å². The zero-order valence-corrected chi connectivity index (χ0v) is 25.8. The molecule has 2 amide bonds. The Hall–Kier alpha value is -5.45. The van der Waals surface area contributed by atoms with Gasteiger partial charge in [-0.1, -0.05) is 6.07 Å². The molecule has 0 unspecified atom stereocenters. The number of aliphatic hydroxyl groups is 2. The number of nitrogens with zero attached hydrogens (tertiary/aromatic N) is 4. The molecule has 1 fully saturated rings. The van der Waals surface area contributed by atoms with E-state index in [9.17, 15) is 19.8 Å². The van der Waals surface area contributed by atoms with Crippen LogP contribution in [0, 0.1) is 0 Å². The standard InChI is InChI=1S/C37H36N6O4/c44-21-1-17-42-18-14-25-2-3-27(23-35(25)42)37(47)39-29-6-11-32(12-7-29)43-34-13-8-30(22-28(34)24-38-43)40-36(46)26-4-9-31(10-5-26)41-19-15-33(45)16-20-41/h2-14,18,22-24,33,44-45H,1,15-17,19-21H2,(H,39,47)(H,40,46). The van der Waals surface area contributed by atoms with Gasteiger partial charge < -0.3 is 30.3 Å². The molecule has 1 aliphatic heterocycles. The lowest BCUT2D eigenvalue weighted by atomic mass is 10.1. The minimum Gasteiger partial charge on any atom is -0.396 e. The highest BCUT2D eigenvalue weighted by atomic mass is 16.3. The van der Waals surface area contributed by atoms with Gasteiger partial charge in [-0.25, -0.2) is 4.68 Å². The highest BCUT2D eigenvalue weighted by Gasteiger charge is 2.18. The number of carbonyl (C=O) groups is 2. The Labute approximate surface area is 271 Å². The van der Waals surface area contributed by atoms with Crippen LogP contribution in [0.5, 0.6) is 0 Å². The first-order valence-corrected chi connectivity index (χ1v) is 15.9. The predicted octanol–water partition coefficient (Wildman–Crippen LogP) is 5.83. The molecular formula is C37H36N6O4. The maximum absolute atomic E-state index is 13.1. The van der Waals surface area contributed by atoms with Gasteiger partial charge in [0.25, 0.3) is 11.8 Å². The van der Waals surface area contributed by atoms with Crippen LogP contribution >= 0.6 is 0 Å². The number of piperidine rings is 1. The maximum Gasteiger partial charge on any atom is 0.255 e. The van der Waals surface area contributed by atoms with Crippen molar-refractivity contribution in [1.29, 1.82) is 0 Å². The van der Waals surface area contributed by atoms with Gasteiger partial charge in [-0.15, -0.1) is 0 Å². The van der Waals surface area contributed by atoms with E-state index in [1.165, 1.54) is 0 Å². The third kappa shape index (κ3) is 6.46. The van der Waals surface area contributed by atoms with E-state index in [4.69, 9.17) is 0 Å². The summed E-state index contributed by atoms with van der Waals surface area (Å²) in [7, 11) is 0. The van der Waals surface area contributed by atoms with E-state index in [2.05, 4.69) is 20.6 Å². The second kappa shape index (κ2) is 13.1. The van der Waals surface area contributed by atoms with Crippen LogP contribution in [-0.4, -0.2) is 62.2 Å². The summed E-state index contributed by atoms with van der Waals surface area (Å²) in [6, 6.07) is 28.4. The number of benzene rings is 4. The SMILES string of the molecule is O=C(Nc1ccc2c(cnn2-c2ccc(NC(=O)c3ccc4ccn(CCCO)c4c3)cc2)c1)c1ccc(N2CCC(O)CC2)cc1. The number of rotatable bonds is 9. The molecule has 0 atom stereocenters. The predicted molar refractivity (Wildman–Crippen MR) is 185 cm³/mol. The van der Waals surface area contributed by atoms with Crippen LogP contribution in [0.25, 0.3) is 27.5 Å². The lowest BCUT2D eigenvalue weighted by Gasteiger charge is -2.31. The second-order valence-electron chi connectivity index (χ2n) is 11.9. The highest BCUT2D eigenvalue weighted by Crippen LogP contribution is 2.25. The molecule has 47 heavy (non-hydrogen) atoms. The van der Waals surface area contributed by atoms with E-state index < -0.39 is 0 Å². The van der Waals surface area contributed by atoms with Crippen LogP contribution in [0.1, 0.15) is 40.0 Å². The molecule has 0 saturated carbocycles. The summed E-state index contributed by atoms with van der Waals surface area (Å²) in [4.78, 5) is 28.3. The number of nitrogens with one attached hydrogen (secondary N) is 2. The Bertz CT molecular complexity index is 2040. The zero-order valence-electron chi connectivity index (χ0n) is 25.8. The van der Waals surface area contributed by atoms with Gasteiger partial charge in [0.1, 0.15) is 0 Å². The largest absolute Gasteiger partial charge is 0.396 e. The lowest BCUT2D eigenvalue weighted by molar-refractivity contribution is 0.101. The summed E-state index contributed by atoms with van der Waals surface area (Å²) in [5.41, 5.74) is 6.20. The average Bonchev–Trinajstić information content (AvgIpc) is 3.71. The van der Waals surface area contributed by atoms with Crippen LogP contribution < -0.4 is 15.5 Å². The number of aliphatic hydroxyl groups excluding tert-OH is 2. The van der Waals surface area contributed by atoms with Gasteiger partial charge in [-0.3, -0.25) is 9.59 Å². The zero-order chi connectivity index (χ0) is 32.3. The van der Waals surface area contributed by atoms with Crippen molar-refractivity contribution < 1.29 is 19.8 Å². The Kier molecular flexibility index (Phi) is 8.43. The molecule has 1 aliphatic rings. The average molecular weight is 629 g/mol. The van der Waals surface area contributed by atoms with Crippen molar-refractivity contribution in [2.24, 2.45) is 0 Å². The molecule has 238 valence electrons. The number of aryl methyl sites for hydroxylation is 1. The summed E-state index contributed by atoms with van der Waals surface area (Å²) >= 11 is 0. The molecule has 4 aromatic carbocycles. The van der Waals surface area contributed by atoms with Crippen molar-refractivity contribution in [3.05, 3.63) is 115 Å². The molecule has 0 bridgehead atoms. The van der Waals surface area contributed by atoms with Gasteiger partial charge >= 0.3 is 0 Å². The van der Waals surface area contributed by atoms with Crippen molar-refractivity contribution in [2.75, 3.05) is 35.2 Å². The van der Waals surface area contributed by atoms with Gasteiger partial charge in [0.2, 0.25) is 0 Å². The Morgan fingerprint density at radius 1 is 0.745 bits per heavy atom. The minimum absolute atomic E-state index is 0.118. The summed E-state index contributed by atoms with van der Waals surface area (Å²) in [6.45, 7) is 2.42. The smallest absolute Gasteiger partial charge is 0.255 e. The fraction of sp³-hybridized carbons (Fsp3) is 0.216. The lowest BCUT2D eigenvalue weighted by Crippen LogP contribution is -2.35. The second-order valence-corrected chi connectivity index (χ2v) is 11.9. The number of hydrogen-bond donors (Lipinski definition) is 4. The quantitative estimate of drug-likeness (QED) is 0.160. The van der Waals surface area contributed by atoms with E-state index in [1.807, 2.05) is 106 Å². The first-order valence-electron chi connectivity index (χ1n) is 15.9. The summed E-state index contributed by atoms with van der Waals surface area (Å²) in [6.07, 6.45) is 5.67. The number of fused-ring (bicyclic) bond motifs is 2. The molecule has 0 aliphatic carbocycles. The van der Waals surface area contributed by atoms with Crippen LogP contribution in [0.15, 0.2) is 103 Å². The molecule has 0 spiro atoms. The molecule has 2 aromatic heterocycles. The maximum atomic E-state index is 13.1. The van der Waals surface area contributed by atoms with Gasteiger partial charge in [-0.2, -0.15) is 5.10 Å². The molecule has 3 heterocycles. The van der Waals surface area contributed by atoms with Gasteiger partial charge in [0.05, 0.1) is 23.5 Å². The minimum atomic E-state index is -0.225. The number of amides is 2. The number of carbonyl (C=O) groups excluding carboxylic acids is 2. The molecule has 7 rings (SSSR count). The van der Waals surface area contributed by atoms with E-state index in [1.54, 1.807) is 6.20 Å². The molecule has 6 aromatic rings. The highest BCUT2D eigenvalue weighted by molar-refractivity contribution is 6.06. The molecular weight excluding hydrogens is 592 g/mol. The Morgan fingerprint density at radius 2 is 1.43 bits per heavy atom. The van der Waals surface area contributed by atoms with Gasteiger partial charge in [0, 0.05) is 71.5 Å². The Morgan fingerprint density at radius 3 is 2.19 bits per heavy atom. The number of anilines is 3. The summed E-state index contributed by atoms with van der Waals surface area (Å²) in [5.74, 6) is -0.391. The van der Waals surface area contributed by atoms with Crippen LogP contribution in [0.2, 0.25) is 0 Å². The van der Waals surface area contributed by atoms with E-state index in [0.717, 1.165) is 59.1 Å². The van der Waals surface area contributed by atoms with Crippen molar-refractivity contribution in [3.8, 4) is 5.69 Å². The normalized spacial score (nSPS) is 13.7.